The third kappa shape index (κ3) is 5.25. The Labute approximate surface area is 138 Å². The van der Waals surface area contributed by atoms with Gasteiger partial charge >= 0.3 is 6.61 Å². The van der Waals surface area contributed by atoms with Crippen LogP contribution in [0.1, 0.15) is 11.1 Å². The topological polar surface area (TPSA) is 38.3 Å². The van der Waals surface area contributed by atoms with Crippen LogP contribution < -0.4 is 10.1 Å². The molecule has 0 bridgehead atoms. The van der Waals surface area contributed by atoms with Gasteiger partial charge in [-0.2, -0.15) is 8.78 Å². The van der Waals surface area contributed by atoms with Crippen LogP contribution in [0.4, 0.5) is 14.5 Å². The molecule has 6 heteroatoms. The van der Waals surface area contributed by atoms with Crippen LogP contribution in [0, 0.1) is 13.8 Å². The summed E-state index contributed by atoms with van der Waals surface area (Å²) in [5, 5.41) is 2.60. The predicted molar refractivity (Wildman–Crippen MR) is 88.3 cm³/mol. The van der Waals surface area contributed by atoms with E-state index in [0.717, 1.165) is 16.0 Å². The van der Waals surface area contributed by atoms with Gasteiger partial charge in [0.25, 0.3) is 0 Å². The summed E-state index contributed by atoms with van der Waals surface area (Å²) < 4.78 is 29.1. The molecule has 0 aliphatic carbocycles. The molecule has 1 N–H and O–H groups in total. The highest BCUT2D eigenvalue weighted by molar-refractivity contribution is 8.00. The lowest BCUT2D eigenvalue weighted by Gasteiger charge is -2.12. The van der Waals surface area contributed by atoms with E-state index in [-0.39, 0.29) is 23.1 Å². The maximum absolute atomic E-state index is 12.3. The second-order valence-electron chi connectivity index (χ2n) is 4.98. The van der Waals surface area contributed by atoms with Gasteiger partial charge in [-0.3, -0.25) is 4.79 Å². The van der Waals surface area contributed by atoms with Crippen molar-refractivity contribution in [3.8, 4) is 5.75 Å². The van der Waals surface area contributed by atoms with E-state index in [2.05, 4.69) is 10.1 Å². The van der Waals surface area contributed by atoms with E-state index >= 15 is 0 Å². The number of aryl methyl sites for hydroxylation is 2. The molecule has 1 amide bonds. The fourth-order valence-electron chi connectivity index (χ4n) is 2.06. The van der Waals surface area contributed by atoms with Crippen molar-refractivity contribution in [2.75, 3.05) is 11.1 Å². The molecule has 2 aromatic rings. The average Bonchev–Trinajstić information content (AvgIpc) is 2.48. The largest absolute Gasteiger partial charge is 0.433 e. The standard InChI is InChI=1S/C17H17F2NO2S/c1-11-7-8-15(12(2)9-11)23-10-16(21)20-13-5-3-4-6-14(13)22-17(18)19/h3-9,17H,10H2,1-2H3,(H,20,21). The van der Waals surface area contributed by atoms with Gasteiger partial charge in [-0.05, 0) is 37.6 Å². The van der Waals surface area contributed by atoms with E-state index in [4.69, 9.17) is 0 Å². The number of hydrogen-bond donors (Lipinski definition) is 1. The molecule has 0 aliphatic heterocycles. The zero-order valence-corrected chi connectivity index (χ0v) is 13.6. The molecule has 2 rings (SSSR count). The summed E-state index contributed by atoms with van der Waals surface area (Å²) in [4.78, 5) is 13.0. The molecule has 0 spiro atoms. The van der Waals surface area contributed by atoms with Gasteiger partial charge in [-0.25, -0.2) is 0 Å². The Morgan fingerprint density at radius 1 is 1.22 bits per heavy atom. The van der Waals surface area contributed by atoms with Crippen LogP contribution in [-0.4, -0.2) is 18.3 Å². The summed E-state index contributed by atoms with van der Waals surface area (Å²) in [6.45, 7) is 1.06. The number of benzene rings is 2. The molecule has 0 saturated carbocycles. The number of thioether (sulfide) groups is 1. The molecule has 0 aliphatic rings. The Morgan fingerprint density at radius 2 is 1.96 bits per heavy atom. The first-order valence-electron chi connectivity index (χ1n) is 6.99. The minimum absolute atomic E-state index is 0.0487. The SMILES string of the molecule is Cc1ccc(SCC(=O)Nc2ccccc2OC(F)F)c(C)c1. The fourth-order valence-corrected chi connectivity index (χ4v) is 2.87. The van der Waals surface area contributed by atoms with Crippen LogP contribution in [-0.2, 0) is 4.79 Å². The molecule has 0 aromatic heterocycles. The zero-order valence-electron chi connectivity index (χ0n) is 12.8. The summed E-state index contributed by atoms with van der Waals surface area (Å²) in [5.41, 5.74) is 2.50. The van der Waals surface area contributed by atoms with Gasteiger partial charge in [0.15, 0.2) is 0 Å². The summed E-state index contributed by atoms with van der Waals surface area (Å²) in [6.07, 6.45) is 0. The highest BCUT2D eigenvalue weighted by Gasteiger charge is 2.12. The first kappa shape index (κ1) is 17.3. The molecule has 0 radical (unpaired) electrons. The maximum Gasteiger partial charge on any atom is 0.387 e. The van der Waals surface area contributed by atoms with Crippen molar-refractivity contribution in [3.63, 3.8) is 0 Å². The second-order valence-corrected chi connectivity index (χ2v) is 6.00. The van der Waals surface area contributed by atoms with Gasteiger partial charge in [0, 0.05) is 4.90 Å². The van der Waals surface area contributed by atoms with Gasteiger partial charge in [-0.15, -0.1) is 11.8 Å². The molecule has 0 heterocycles. The molecular formula is C17H17F2NO2S. The number of carbonyl (C=O) groups is 1. The molecule has 3 nitrogen and oxygen atoms in total. The fraction of sp³-hybridized carbons (Fsp3) is 0.235. The predicted octanol–water partition coefficient (Wildman–Crippen LogP) is 4.64. The van der Waals surface area contributed by atoms with Crippen LogP contribution >= 0.6 is 11.8 Å². The molecule has 0 atom stereocenters. The normalized spacial score (nSPS) is 10.7. The van der Waals surface area contributed by atoms with E-state index in [1.54, 1.807) is 12.1 Å². The number of carbonyl (C=O) groups excluding carboxylic acids is 1. The van der Waals surface area contributed by atoms with E-state index in [9.17, 15) is 13.6 Å². The van der Waals surface area contributed by atoms with Crippen molar-refractivity contribution in [2.45, 2.75) is 25.4 Å². The summed E-state index contributed by atoms with van der Waals surface area (Å²) in [7, 11) is 0. The average molecular weight is 337 g/mol. The van der Waals surface area contributed by atoms with Crippen LogP contribution in [0.15, 0.2) is 47.4 Å². The van der Waals surface area contributed by atoms with Crippen molar-refractivity contribution in [1.29, 1.82) is 0 Å². The van der Waals surface area contributed by atoms with Gasteiger partial charge in [-0.1, -0.05) is 29.8 Å². The number of ether oxygens (including phenoxy) is 1. The summed E-state index contributed by atoms with van der Waals surface area (Å²) in [5.74, 6) is -0.139. The Kier molecular flexibility index (Phi) is 5.98. The van der Waals surface area contributed by atoms with Crippen LogP contribution in [0.5, 0.6) is 5.75 Å². The number of halogens is 2. The minimum Gasteiger partial charge on any atom is -0.433 e. The Bertz CT molecular complexity index is 692. The van der Waals surface area contributed by atoms with Crippen LogP contribution in [0.2, 0.25) is 0 Å². The maximum atomic E-state index is 12.3. The molecule has 0 saturated heterocycles. The van der Waals surface area contributed by atoms with Crippen molar-refractivity contribution in [1.82, 2.24) is 0 Å². The van der Waals surface area contributed by atoms with Gasteiger partial charge in [0.2, 0.25) is 5.91 Å². The summed E-state index contributed by atoms with van der Waals surface area (Å²) in [6, 6.07) is 12.1. The van der Waals surface area contributed by atoms with Crippen molar-refractivity contribution in [2.24, 2.45) is 0 Å². The molecule has 2 aromatic carbocycles. The number of amides is 1. The number of alkyl halides is 2. The quantitative estimate of drug-likeness (QED) is 0.781. The first-order chi connectivity index (χ1) is 11.0. The van der Waals surface area contributed by atoms with Crippen molar-refractivity contribution >= 4 is 23.4 Å². The van der Waals surface area contributed by atoms with Crippen molar-refractivity contribution in [3.05, 3.63) is 53.6 Å². The zero-order chi connectivity index (χ0) is 16.8. The molecule has 23 heavy (non-hydrogen) atoms. The lowest BCUT2D eigenvalue weighted by Crippen LogP contribution is -2.15. The number of para-hydroxylation sites is 2. The van der Waals surface area contributed by atoms with Gasteiger partial charge < -0.3 is 10.1 Å². The lowest BCUT2D eigenvalue weighted by atomic mass is 10.2. The van der Waals surface area contributed by atoms with Crippen molar-refractivity contribution < 1.29 is 18.3 Å². The van der Waals surface area contributed by atoms with E-state index in [1.165, 1.54) is 23.9 Å². The van der Waals surface area contributed by atoms with E-state index in [0.29, 0.717) is 0 Å². The number of rotatable bonds is 6. The smallest absolute Gasteiger partial charge is 0.387 e. The number of hydrogen-bond acceptors (Lipinski definition) is 3. The molecule has 0 unspecified atom stereocenters. The molecular weight excluding hydrogens is 320 g/mol. The van der Waals surface area contributed by atoms with E-state index < -0.39 is 6.61 Å². The lowest BCUT2D eigenvalue weighted by molar-refractivity contribution is -0.113. The van der Waals surface area contributed by atoms with Gasteiger partial charge in [0.1, 0.15) is 5.75 Å². The Hall–Kier alpha value is -2.08. The minimum atomic E-state index is -2.93. The number of anilines is 1. The Morgan fingerprint density at radius 3 is 2.65 bits per heavy atom. The van der Waals surface area contributed by atoms with Gasteiger partial charge in [0.05, 0.1) is 11.4 Å². The highest BCUT2D eigenvalue weighted by Crippen LogP contribution is 2.27. The third-order valence-corrected chi connectivity index (χ3v) is 4.24. The Balaban J connectivity index is 1.97. The monoisotopic (exact) mass is 337 g/mol. The second kappa shape index (κ2) is 7.97. The summed E-state index contributed by atoms with van der Waals surface area (Å²) >= 11 is 1.40. The van der Waals surface area contributed by atoms with Crippen LogP contribution in [0.3, 0.4) is 0 Å². The highest BCUT2D eigenvalue weighted by atomic mass is 32.2. The van der Waals surface area contributed by atoms with Crippen LogP contribution in [0.25, 0.3) is 0 Å². The molecule has 0 fully saturated rings. The first-order valence-corrected chi connectivity index (χ1v) is 7.98. The number of nitrogens with one attached hydrogen (secondary N) is 1. The van der Waals surface area contributed by atoms with E-state index in [1.807, 2.05) is 32.0 Å². The third-order valence-electron chi connectivity index (χ3n) is 3.07. The molecule has 122 valence electrons.